The number of carbonyl (C=O) groups is 2. The zero-order valence-corrected chi connectivity index (χ0v) is 54.9. The van der Waals surface area contributed by atoms with E-state index in [9.17, 15) is 81.1 Å². The molecule has 4 rings (SSSR count). The molecule has 0 aromatic heterocycles. The summed E-state index contributed by atoms with van der Waals surface area (Å²) >= 11 is 0. The van der Waals surface area contributed by atoms with Gasteiger partial charge in [0.2, 0.25) is 11.8 Å². The van der Waals surface area contributed by atoms with E-state index in [1.165, 1.54) is 122 Å². The molecular formula is C65H122N2O24. The Morgan fingerprint density at radius 1 is 0.440 bits per heavy atom. The Morgan fingerprint density at radius 3 is 1.33 bits per heavy atom. The average molecular weight is 1320 g/mol. The first-order valence-corrected chi connectivity index (χ1v) is 34.8. The number of unbranched alkanes of at least 4 members (excludes halogenated alkanes) is 27. The van der Waals surface area contributed by atoms with Gasteiger partial charge in [0.05, 0.1) is 44.7 Å². The van der Waals surface area contributed by atoms with E-state index in [1.54, 1.807) is 0 Å². The van der Waals surface area contributed by atoms with E-state index in [4.69, 9.17) is 37.9 Å². The highest BCUT2D eigenvalue weighted by molar-refractivity contribution is 5.80. The Kier molecular flexibility index (Phi) is 40.8. The van der Waals surface area contributed by atoms with Crippen molar-refractivity contribution in [1.29, 1.82) is 0 Å². The highest BCUT2D eigenvalue weighted by Crippen LogP contribution is 2.34. The Labute approximate surface area is 540 Å². The van der Waals surface area contributed by atoms with Gasteiger partial charge in [-0.3, -0.25) is 9.59 Å². The number of aliphatic hydroxyl groups excluding tert-OH is 14. The SMILES string of the molecule is CCCCCCCCCCCCCCCCCCCCC[C@@H](O)C(=O)N[C@@H](CO[C@H]1O[C@H](CO)[C@H](O)[C@H](O)[C@H]1O[C@H]1O[C@H](CO[C@@H]2O[C@H](CO)[C@H](O)[C@H](O[C@@H]3O[C@@H](C)[C@H](O)[C@@H](O)[C@H]3O)[C@H]2NC(C)=O)[C@H](O)[C@H](O)[C@H]1O)[C@H](O)[C@H](O)CCCCCCCCCCCC. The molecule has 0 unspecified atom stereocenters. The normalized spacial score (nSPS) is 33.5. The second kappa shape index (κ2) is 45.5. The number of aliphatic hydroxyl groups is 14. The molecule has 24 atom stereocenters. The topological polar surface area (TPSA) is 415 Å². The van der Waals surface area contributed by atoms with Crippen LogP contribution >= 0.6 is 0 Å². The van der Waals surface area contributed by atoms with Crippen LogP contribution in [-0.4, -0.2) is 257 Å². The zero-order valence-electron chi connectivity index (χ0n) is 54.9. The summed E-state index contributed by atoms with van der Waals surface area (Å²) in [5, 5.41) is 159. The van der Waals surface area contributed by atoms with E-state index in [0.717, 1.165) is 64.7 Å². The maximum absolute atomic E-state index is 13.7. The molecule has 4 saturated heterocycles. The van der Waals surface area contributed by atoms with E-state index in [-0.39, 0.29) is 12.8 Å². The van der Waals surface area contributed by atoms with E-state index in [1.807, 2.05) is 0 Å². The zero-order chi connectivity index (χ0) is 66.8. The first kappa shape index (κ1) is 81.5. The minimum absolute atomic E-state index is 0.124. The molecule has 26 heteroatoms. The fourth-order valence-electron chi connectivity index (χ4n) is 12.4. The summed E-state index contributed by atoms with van der Waals surface area (Å²) in [6, 6.07) is -2.92. The van der Waals surface area contributed by atoms with Crippen molar-refractivity contribution in [2.45, 2.75) is 374 Å². The van der Waals surface area contributed by atoms with Gasteiger partial charge in [-0.05, 0) is 19.8 Å². The van der Waals surface area contributed by atoms with E-state index < -0.39 is 185 Å². The largest absolute Gasteiger partial charge is 0.394 e. The number of rotatable bonds is 48. The van der Waals surface area contributed by atoms with Gasteiger partial charge < -0.3 is 120 Å². The van der Waals surface area contributed by atoms with Crippen molar-refractivity contribution in [2.75, 3.05) is 26.4 Å². The highest BCUT2D eigenvalue weighted by atomic mass is 16.8. The predicted molar refractivity (Wildman–Crippen MR) is 332 cm³/mol. The summed E-state index contributed by atoms with van der Waals surface area (Å²) in [5.74, 6) is -1.55. The molecule has 0 spiro atoms. The molecule has 0 aromatic rings. The standard InChI is InChI=1S/C65H122N2O24/c1-5-7-9-11-13-15-17-18-19-20-21-22-23-24-25-27-29-31-33-35-44(72)61(83)67-42(50(74)43(71)34-32-30-28-26-16-14-12-10-8-6-2)38-84-65-60(56(80)51(75)45(36-68)88-65)91-64-58(82)55(79)52(76)47(89-64)39-85-62-48(66-41(4)70)59(53(77)46(37-69)87-62)90-63-57(81)54(78)49(73)40(3)86-63/h40,42-60,62-65,68-69,71-82H,5-39H2,1-4H3,(H,66,70)(H,67,83)/t40-,42-,43+,44+,45+,46+,47+,48+,49-,50-,51-,52-,53-,54+,55-,56-,57+,58+,59+,60+,62+,63-,64+,65-/m0/s1. The molecule has 0 radical (unpaired) electrons. The van der Waals surface area contributed by atoms with Gasteiger partial charge in [0.1, 0.15) is 104 Å². The number of ether oxygens (including phenoxy) is 8. The molecule has 4 heterocycles. The van der Waals surface area contributed by atoms with E-state index in [2.05, 4.69) is 24.5 Å². The van der Waals surface area contributed by atoms with Crippen molar-refractivity contribution in [3.8, 4) is 0 Å². The first-order chi connectivity index (χ1) is 43.7. The third kappa shape index (κ3) is 27.8. The van der Waals surface area contributed by atoms with Crippen LogP contribution in [0.5, 0.6) is 0 Å². The lowest BCUT2D eigenvalue weighted by Crippen LogP contribution is -2.68. The van der Waals surface area contributed by atoms with Crippen LogP contribution in [0.3, 0.4) is 0 Å². The molecule has 91 heavy (non-hydrogen) atoms. The summed E-state index contributed by atoms with van der Waals surface area (Å²) in [6.45, 7) is 3.75. The molecule has 0 aliphatic carbocycles. The summed E-state index contributed by atoms with van der Waals surface area (Å²) < 4.78 is 47.1. The highest BCUT2D eigenvalue weighted by Gasteiger charge is 2.54. The third-order valence-corrected chi connectivity index (χ3v) is 18.3. The summed E-state index contributed by atoms with van der Waals surface area (Å²) in [5.41, 5.74) is 0. The van der Waals surface area contributed by atoms with Crippen molar-refractivity contribution in [3.05, 3.63) is 0 Å². The minimum Gasteiger partial charge on any atom is -0.394 e. The number of nitrogens with one attached hydrogen (secondary N) is 2. The molecule has 4 aliphatic rings. The predicted octanol–water partition coefficient (Wildman–Crippen LogP) is 2.15. The Balaban J connectivity index is 1.40. The lowest BCUT2D eigenvalue weighted by atomic mass is 9.95. The van der Waals surface area contributed by atoms with Crippen LogP contribution in [0.15, 0.2) is 0 Å². The first-order valence-electron chi connectivity index (χ1n) is 34.8. The summed E-state index contributed by atoms with van der Waals surface area (Å²) in [4.78, 5) is 26.3. The fraction of sp³-hybridized carbons (Fsp3) is 0.969. The van der Waals surface area contributed by atoms with Gasteiger partial charge >= 0.3 is 0 Å². The number of hydrogen-bond donors (Lipinski definition) is 16. The molecule has 0 bridgehead atoms. The second-order valence-corrected chi connectivity index (χ2v) is 26.0. The smallest absolute Gasteiger partial charge is 0.249 e. The fourth-order valence-corrected chi connectivity index (χ4v) is 12.4. The van der Waals surface area contributed by atoms with Gasteiger partial charge in [0.15, 0.2) is 25.2 Å². The van der Waals surface area contributed by atoms with Crippen LogP contribution in [0.4, 0.5) is 0 Å². The molecule has 4 aliphatic heterocycles. The van der Waals surface area contributed by atoms with Gasteiger partial charge in [0, 0.05) is 6.92 Å². The molecule has 2 amide bonds. The molecule has 26 nitrogen and oxygen atoms in total. The number of carbonyl (C=O) groups excluding carboxylic acids is 2. The maximum atomic E-state index is 13.7. The molecule has 0 aromatic carbocycles. The van der Waals surface area contributed by atoms with Crippen LogP contribution in [0, 0.1) is 0 Å². The molecule has 536 valence electrons. The Morgan fingerprint density at radius 2 is 0.846 bits per heavy atom. The summed E-state index contributed by atoms with van der Waals surface area (Å²) in [7, 11) is 0. The number of hydrogen-bond acceptors (Lipinski definition) is 24. The quantitative estimate of drug-likeness (QED) is 0.0388. The maximum Gasteiger partial charge on any atom is 0.249 e. The Hall–Kier alpha value is -1.94. The second-order valence-electron chi connectivity index (χ2n) is 26.0. The van der Waals surface area contributed by atoms with Crippen molar-refractivity contribution in [1.82, 2.24) is 10.6 Å². The Bertz CT molecular complexity index is 1890. The molecule has 0 saturated carbocycles. The van der Waals surface area contributed by atoms with Crippen LogP contribution in [-0.2, 0) is 47.5 Å². The van der Waals surface area contributed by atoms with Gasteiger partial charge in [0.25, 0.3) is 0 Å². The van der Waals surface area contributed by atoms with Gasteiger partial charge in [-0.2, -0.15) is 0 Å². The van der Waals surface area contributed by atoms with Crippen molar-refractivity contribution < 1.29 is 119 Å². The van der Waals surface area contributed by atoms with Crippen molar-refractivity contribution in [3.63, 3.8) is 0 Å². The van der Waals surface area contributed by atoms with Gasteiger partial charge in [-0.15, -0.1) is 0 Å². The lowest BCUT2D eigenvalue weighted by Gasteiger charge is -2.48. The van der Waals surface area contributed by atoms with Crippen LogP contribution in [0.1, 0.15) is 227 Å². The van der Waals surface area contributed by atoms with Crippen molar-refractivity contribution >= 4 is 11.8 Å². The third-order valence-electron chi connectivity index (χ3n) is 18.3. The minimum atomic E-state index is -2.10. The van der Waals surface area contributed by atoms with Crippen LogP contribution in [0.25, 0.3) is 0 Å². The average Bonchev–Trinajstić information content (AvgIpc) is 1.36. The van der Waals surface area contributed by atoms with Crippen LogP contribution in [0.2, 0.25) is 0 Å². The monoisotopic (exact) mass is 1310 g/mol. The molecule has 16 N–H and O–H groups in total. The van der Waals surface area contributed by atoms with Crippen molar-refractivity contribution in [2.24, 2.45) is 0 Å². The number of amides is 2. The van der Waals surface area contributed by atoms with Gasteiger partial charge in [-0.1, -0.05) is 200 Å². The lowest BCUT2D eigenvalue weighted by molar-refractivity contribution is -0.373. The molecular weight excluding hydrogens is 1190 g/mol. The van der Waals surface area contributed by atoms with E-state index >= 15 is 0 Å². The van der Waals surface area contributed by atoms with Crippen LogP contribution < -0.4 is 10.6 Å². The van der Waals surface area contributed by atoms with Gasteiger partial charge in [-0.25, -0.2) is 0 Å². The van der Waals surface area contributed by atoms with E-state index in [0.29, 0.717) is 12.8 Å². The molecule has 4 fully saturated rings. The summed E-state index contributed by atoms with van der Waals surface area (Å²) in [6.07, 6.45) is -4.53.